The van der Waals surface area contributed by atoms with Gasteiger partial charge in [0, 0.05) is 5.92 Å². The van der Waals surface area contributed by atoms with Gasteiger partial charge in [0.2, 0.25) is 11.8 Å². The van der Waals surface area contributed by atoms with Gasteiger partial charge in [-0.2, -0.15) is 11.8 Å². The van der Waals surface area contributed by atoms with Gasteiger partial charge in [-0.15, -0.1) is 0 Å². The summed E-state index contributed by atoms with van der Waals surface area (Å²) in [5, 5.41) is 15.8. The van der Waals surface area contributed by atoms with E-state index in [1.54, 1.807) is 0 Å². The monoisotopic (exact) mass is 485 g/mol. The van der Waals surface area contributed by atoms with Crippen molar-refractivity contribution in [2.45, 2.75) is 18.4 Å². The zero-order valence-electron chi connectivity index (χ0n) is 18.7. The minimum Gasteiger partial charge on any atom is -0.480 e. The first-order valence-corrected chi connectivity index (χ1v) is 12.2. The topological polar surface area (TPSA) is 134 Å². The summed E-state index contributed by atoms with van der Waals surface area (Å²) in [7, 11) is 0. The number of ether oxygens (including phenoxy) is 1. The number of hydrogen-bond acceptors (Lipinski definition) is 6. The van der Waals surface area contributed by atoms with Crippen LogP contribution in [0.25, 0.3) is 11.1 Å². The molecule has 180 valence electrons. The molecule has 9 nitrogen and oxygen atoms in total. The summed E-state index contributed by atoms with van der Waals surface area (Å²) in [5.74, 6) is -1.87. The van der Waals surface area contributed by atoms with E-state index >= 15 is 0 Å². The Morgan fingerprint density at radius 1 is 0.971 bits per heavy atom. The van der Waals surface area contributed by atoms with Gasteiger partial charge in [0.25, 0.3) is 0 Å². The molecule has 2 aromatic carbocycles. The molecule has 10 heteroatoms. The molecule has 1 aliphatic carbocycles. The molecular weight excluding hydrogens is 458 g/mol. The molecule has 4 N–H and O–H groups in total. The molecule has 0 fully saturated rings. The average molecular weight is 486 g/mol. The molecule has 0 heterocycles. The highest BCUT2D eigenvalue weighted by Gasteiger charge is 2.29. The van der Waals surface area contributed by atoms with Crippen LogP contribution in [0.3, 0.4) is 0 Å². The molecule has 3 amide bonds. The van der Waals surface area contributed by atoms with Gasteiger partial charge in [0.15, 0.2) is 0 Å². The Kier molecular flexibility index (Phi) is 8.92. The number of hydrogen-bond donors (Lipinski definition) is 4. The molecule has 0 saturated carbocycles. The van der Waals surface area contributed by atoms with Crippen LogP contribution >= 0.6 is 11.8 Å². The van der Waals surface area contributed by atoms with Crippen LogP contribution in [0.2, 0.25) is 0 Å². The molecule has 0 spiro atoms. The summed E-state index contributed by atoms with van der Waals surface area (Å²) < 4.78 is 5.51. The Bertz CT molecular complexity index is 1020. The Balaban J connectivity index is 1.57. The van der Waals surface area contributed by atoms with Gasteiger partial charge in [-0.25, -0.2) is 4.79 Å². The van der Waals surface area contributed by atoms with Crippen molar-refractivity contribution in [3.05, 3.63) is 59.7 Å². The van der Waals surface area contributed by atoms with Crippen LogP contribution < -0.4 is 16.0 Å². The van der Waals surface area contributed by atoms with Crippen molar-refractivity contribution in [3.8, 4) is 11.1 Å². The molecule has 0 bridgehead atoms. The second-order valence-electron chi connectivity index (χ2n) is 7.69. The van der Waals surface area contributed by atoms with E-state index in [1.807, 2.05) is 54.8 Å². The highest BCUT2D eigenvalue weighted by molar-refractivity contribution is 7.98. The number of alkyl carbamates (subject to hydrolysis) is 1. The van der Waals surface area contributed by atoms with Gasteiger partial charge in [0.05, 0.1) is 6.54 Å². The van der Waals surface area contributed by atoms with Crippen LogP contribution in [-0.4, -0.2) is 66.7 Å². The summed E-state index contributed by atoms with van der Waals surface area (Å²) in [6, 6.07) is 15.1. The Morgan fingerprint density at radius 2 is 1.59 bits per heavy atom. The van der Waals surface area contributed by atoms with Crippen LogP contribution in [0.4, 0.5) is 4.79 Å². The van der Waals surface area contributed by atoms with Gasteiger partial charge < -0.3 is 25.8 Å². The molecule has 2 aromatic rings. The summed E-state index contributed by atoms with van der Waals surface area (Å²) in [6.45, 7) is -0.814. The van der Waals surface area contributed by atoms with Gasteiger partial charge in [0.1, 0.15) is 19.2 Å². The molecule has 0 saturated heterocycles. The van der Waals surface area contributed by atoms with E-state index in [-0.39, 0.29) is 12.5 Å². The number of fused-ring (bicyclic) bond motifs is 3. The van der Waals surface area contributed by atoms with E-state index in [0.29, 0.717) is 12.2 Å². The van der Waals surface area contributed by atoms with Crippen molar-refractivity contribution in [3.63, 3.8) is 0 Å². The minimum atomic E-state index is -1.19. The van der Waals surface area contributed by atoms with Crippen molar-refractivity contribution in [1.82, 2.24) is 16.0 Å². The molecule has 0 aliphatic heterocycles. The lowest BCUT2D eigenvalue weighted by Crippen LogP contribution is -2.49. The maximum absolute atomic E-state index is 12.6. The number of nitrogens with one attached hydrogen (secondary N) is 3. The Morgan fingerprint density at radius 3 is 2.18 bits per heavy atom. The first-order chi connectivity index (χ1) is 16.4. The number of carboxylic acids is 1. The SMILES string of the molecule is CSCC[C@H](NC(=O)OCC1c2ccccc2-c2ccccc21)C(=O)NCC(=O)NCC(=O)O. The predicted molar refractivity (Wildman–Crippen MR) is 129 cm³/mol. The van der Waals surface area contributed by atoms with Crippen LogP contribution in [0.1, 0.15) is 23.5 Å². The van der Waals surface area contributed by atoms with Gasteiger partial charge in [-0.1, -0.05) is 48.5 Å². The summed E-state index contributed by atoms with van der Waals surface area (Å²) in [4.78, 5) is 47.3. The number of rotatable bonds is 11. The largest absolute Gasteiger partial charge is 0.480 e. The second kappa shape index (κ2) is 12.1. The third-order valence-electron chi connectivity index (χ3n) is 5.42. The normalized spacial score (nSPS) is 12.7. The van der Waals surface area contributed by atoms with Crippen LogP contribution in [0.15, 0.2) is 48.5 Å². The lowest BCUT2D eigenvalue weighted by molar-refractivity contribution is -0.137. The number of carboxylic acid groups (broad SMARTS) is 1. The number of carbonyl (C=O) groups is 4. The van der Waals surface area contributed by atoms with Crippen molar-refractivity contribution in [2.24, 2.45) is 0 Å². The van der Waals surface area contributed by atoms with E-state index in [9.17, 15) is 19.2 Å². The molecule has 1 atom stereocenters. The first kappa shape index (κ1) is 25.1. The van der Waals surface area contributed by atoms with Crippen molar-refractivity contribution >= 4 is 35.6 Å². The summed E-state index contributed by atoms with van der Waals surface area (Å²) in [6.07, 6.45) is 1.49. The summed E-state index contributed by atoms with van der Waals surface area (Å²) in [5.41, 5.74) is 4.40. The molecule has 3 rings (SSSR count). The van der Waals surface area contributed by atoms with Crippen molar-refractivity contribution in [2.75, 3.05) is 31.7 Å². The van der Waals surface area contributed by atoms with E-state index in [4.69, 9.17) is 9.84 Å². The van der Waals surface area contributed by atoms with Crippen LogP contribution in [-0.2, 0) is 19.1 Å². The fourth-order valence-corrected chi connectivity index (χ4v) is 4.29. The van der Waals surface area contributed by atoms with Crippen molar-refractivity contribution < 1.29 is 29.0 Å². The minimum absolute atomic E-state index is 0.102. The molecule has 0 aromatic heterocycles. The Labute approximate surface area is 201 Å². The maximum Gasteiger partial charge on any atom is 0.407 e. The van der Waals surface area contributed by atoms with Crippen LogP contribution in [0, 0.1) is 0 Å². The summed E-state index contributed by atoms with van der Waals surface area (Å²) >= 11 is 1.51. The molecular formula is C24H27N3O6S. The number of benzene rings is 2. The maximum atomic E-state index is 12.6. The van der Waals surface area contributed by atoms with E-state index in [2.05, 4.69) is 16.0 Å². The third-order valence-corrected chi connectivity index (χ3v) is 6.07. The van der Waals surface area contributed by atoms with Crippen molar-refractivity contribution in [1.29, 1.82) is 0 Å². The highest BCUT2D eigenvalue weighted by atomic mass is 32.2. The number of thioether (sulfide) groups is 1. The predicted octanol–water partition coefficient (Wildman–Crippen LogP) is 1.96. The smallest absolute Gasteiger partial charge is 0.407 e. The quantitative estimate of drug-likeness (QED) is 0.382. The molecule has 0 unspecified atom stereocenters. The van der Waals surface area contributed by atoms with Crippen LogP contribution in [0.5, 0.6) is 0 Å². The van der Waals surface area contributed by atoms with Gasteiger partial charge in [-0.3, -0.25) is 14.4 Å². The average Bonchev–Trinajstić information content (AvgIpc) is 3.16. The van der Waals surface area contributed by atoms with E-state index in [0.717, 1.165) is 22.3 Å². The van der Waals surface area contributed by atoms with E-state index < -0.39 is 43.0 Å². The lowest BCUT2D eigenvalue weighted by atomic mass is 9.98. The number of carbonyl (C=O) groups excluding carboxylic acids is 3. The standard InChI is InChI=1S/C24H27N3O6S/c1-34-11-10-20(23(31)26-12-21(28)25-13-22(29)30)27-24(32)33-14-19-17-8-4-2-6-15(17)16-7-3-5-9-18(16)19/h2-9,19-20H,10-14H2,1H3,(H,25,28)(H,26,31)(H,27,32)(H,29,30)/t20-/m0/s1. The highest BCUT2D eigenvalue weighted by Crippen LogP contribution is 2.44. The molecule has 1 aliphatic rings. The van der Waals surface area contributed by atoms with E-state index in [1.165, 1.54) is 11.8 Å². The zero-order valence-corrected chi connectivity index (χ0v) is 19.5. The van der Waals surface area contributed by atoms with Gasteiger partial charge in [-0.05, 0) is 40.7 Å². The lowest BCUT2D eigenvalue weighted by Gasteiger charge is -2.19. The fourth-order valence-electron chi connectivity index (χ4n) is 3.81. The van der Waals surface area contributed by atoms with Gasteiger partial charge >= 0.3 is 12.1 Å². The number of amides is 3. The molecule has 0 radical (unpaired) electrons. The molecule has 34 heavy (non-hydrogen) atoms. The fraction of sp³-hybridized carbons (Fsp3) is 0.333. The first-order valence-electron chi connectivity index (χ1n) is 10.8. The zero-order chi connectivity index (χ0) is 24.5. The third kappa shape index (κ3) is 6.50. The number of aliphatic carboxylic acids is 1. The Hall–Kier alpha value is -3.53. The second-order valence-corrected chi connectivity index (χ2v) is 8.68.